The second-order valence-corrected chi connectivity index (χ2v) is 5.06. The van der Waals surface area contributed by atoms with Gasteiger partial charge in [-0.3, -0.25) is 0 Å². The third-order valence-electron chi connectivity index (χ3n) is 3.80. The second kappa shape index (κ2) is 10.5. The predicted octanol–water partition coefficient (Wildman–Crippen LogP) is 5.81. The van der Waals surface area contributed by atoms with Crippen molar-refractivity contribution in [1.29, 1.82) is 0 Å². The summed E-state index contributed by atoms with van der Waals surface area (Å²) in [5, 5.41) is 0. The quantitative estimate of drug-likeness (QED) is 0.429. The third kappa shape index (κ3) is 7.88. The lowest BCUT2D eigenvalue weighted by molar-refractivity contribution is 0.341. The van der Waals surface area contributed by atoms with Gasteiger partial charge in [0.15, 0.2) is 0 Å². The zero-order valence-electron chi connectivity index (χ0n) is 11.5. The topological polar surface area (TPSA) is 0 Å². The Hall–Kier alpha value is 0. The molecule has 0 N–H and O–H groups in total. The summed E-state index contributed by atoms with van der Waals surface area (Å²) in [6, 6.07) is 0. The molecular weight excluding hydrogens is 180 g/mol. The number of hydrogen-bond acceptors (Lipinski definition) is 0. The highest BCUT2D eigenvalue weighted by molar-refractivity contribution is 4.63. The molecule has 0 fully saturated rings. The van der Waals surface area contributed by atoms with E-state index in [-0.39, 0.29) is 0 Å². The van der Waals surface area contributed by atoms with Gasteiger partial charge >= 0.3 is 0 Å². The van der Waals surface area contributed by atoms with Gasteiger partial charge in [-0.25, -0.2) is 0 Å². The molecule has 2 atom stereocenters. The predicted molar refractivity (Wildman–Crippen MR) is 71.2 cm³/mol. The molecule has 0 aromatic carbocycles. The van der Waals surface area contributed by atoms with Crippen LogP contribution in [0.1, 0.15) is 85.5 Å². The van der Waals surface area contributed by atoms with Crippen molar-refractivity contribution in [2.45, 2.75) is 85.5 Å². The van der Waals surface area contributed by atoms with Crippen LogP contribution in [0.2, 0.25) is 0 Å². The Balaban J connectivity index is 3.66. The molecule has 0 aromatic heterocycles. The molecule has 92 valence electrons. The molecule has 2 unspecified atom stereocenters. The molecule has 0 aliphatic carbocycles. The number of unbranched alkanes of at least 4 members (excludes halogenated alkanes) is 1. The Morgan fingerprint density at radius 1 is 0.600 bits per heavy atom. The minimum Gasteiger partial charge on any atom is -0.0654 e. The molecule has 0 nitrogen and oxygen atoms in total. The Morgan fingerprint density at radius 2 is 1.13 bits per heavy atom. The Kier molecular flexibility index (Phi) is 10.5. The van der Waals surface area contributed by atoms with Crippen LogP contribution in [0.4, 0.5) is 0 Å². The first kappa shape index (κ1) is 15.0. The number of rotatable bonds is 10. The van der Waals surface area contributed by atoms with Crippen LogP contribution in [0.25, 0.3) is 0 Å². The first-order chi connectivity index (χ1) is 7.28. The zero-order chi connectivity index (χ0) is 11.5. The molecule has 0 spiro atoms. The molecular formula is C15H32. The molecule has 0 aliphatic heterocycles. The highest BCUT2D eigenvalue weighted by Gasteiger charge is 2.10. The van der Waals surface area contributed by atoms with Crippen molar-refractivity contribution in [3.63, 3.8) is 0 Å². The summed E-state index contributed by atoms with van der Waals surface area (Å²) in [5.41, 5.74) is 0. The fraction of sp³-hybridized carbons (Fsp3) is 1.00. The van der Waals surface area contributed by atoms with Gasteiger partial charge in [0.05, 0.1) is 0 Å². The number of hydrogen-bond donors (Lipinski definition) is 0. The third-order valence-corrected chi connectivity index (χ3v) is 3.80. The maximum Gasteiger partial charge on any atom is -0.0417 e. The lowest BCUT2D eigenvalue weighted by atomic mass is 9.87. The molecule has 0 aliphatic rings. The summed E-state index contributed by atoms with van der Waals surface area (Å²) in [6.45, 7) is 9.34. The van der Waals surface area contributed by atoms with Crippen LogP contribution in [0.5, 0.6) is 0 Å². The van der Waals surface area contributed by atoms with Gasteiger partial charge in [0.2, 0.25) is 0 Å². The lowest BCUT2D eigenvalue weighted by Gasteiger charge is -2.19. The summed E-state index contributed by atoms with van der Waals surface area (Å²) in [7, 11) is 0. The molecule has 0 heterocycles. The van der Waals surface area contributed by atoms with Crippen LogP contribution in [0.15, 0.2) is 0 Å². The highest BCUT2D eigenvalue weighted by Crippen LogP contribution is 2.24. The van der Waals surface area contributed by atoms with Crippen molar-refractivity contribution in [2.24, 2.45) is 11.8 Å². The lowest BCUT2D eigenvalue weighted by Crippen LogP contribution is -2.04. The maximum absolute atomic E-state index is 2.36. The fourth-order valence-corrected chi connectivity index (χ4v) is 2.48. The summed E-state index contributed by atoms with van der Waals surface area (Å²) in [5.74, 6) is 2.02. The van der Waals surface area contributed by atoms with Crippen LogP contribution >= 0.6 is 0 Å². The van der Waals surface area contributed by atoms with Gasteiger partial charge in [-0.15, -0.1) is 0 Å². The van der Waals surface area contributed by atoms with Crippen molar-refractivity contribution in [3.05, 3.63) is 0 Å². The normalized spacial score (nSPS) is 15.2. The monoisotopic (exact) mass is 212 g/mol. The van der Waals surface area contributed by atoms with Gasteiger partial charge in [-0.1, -0.05) is 85.5 Å². The average Bonchev–Trinajstić information content (AvgIpc) is 2.27. The maximum atomic E-state index is 2.36. The van der Waals surface area contributed by atoms with Crippen LogP contribution in [0.3, 0.4) is 0 Å². The molecule has 0 radical (unpaired) electrons. The molecule has 0 saturated carbocycles. The second-order valence-electron chi connectivity index (χ2n) is 5.06. The fourth-order valence-electron chi connectivity index (χ4n) is 2.48. The molecule has 15 heavy (non-hydrogen) atoms. The van der Waals surface area contributed by atoms with E-state index in [2.05, 4.69) is 27.7 Å². The van der Waals surface area contributed by atoms with E-state index in [0.29, 0.717) is 0 Å². The zero-order valence-corrected chi connectivity index (χ0v) is 11.5. The average molecular weight is 212 g/mol. The van der Waals surface area contributed by atoms with Gasteiger partial charge in [0.25, 0.3) is 0 Å². The standard InChI is InChI=1S/C15H32/c1-5-9-11-15(8-4)13-12-14(7-3)10-6-2/h14-15H,5-13H2,1-4H3. The van der Waals surface area contributed by atoms with E-state index in [9.17, 15) is 0 Å². The van der Waals surface area contributed by atoms with Gasteiger partial charge in [-0.2, -0.15) is 0 Å². The summed E-state index contributed by atoms with van der Waals surface area (Å²) in [4.78, 5) is 0. The van der Waals surface area contributed by atoms with Crippen LogP contribution < -0.4 is 0 Å². The van der Waals surface area contributed by atoms with Crippen molar-refractivity contribution < 1.29 is 0 Å². The van der Waals surface area contributed by atoms with E-state index in [1.807, 2.05) is 0 Å². The van der Waals surface area contributed by atoms with Crippen molar-refractivity contribution >= 4 is 0 Å². The van der Waals surface area contributed by atoms with Gasteiger partial charge in [0, 0.05) is 0 Å². The summed E-state index contributed by atoms with van der Waals surface area (Å²) >= 11 is 0. The summed E-state index contributed by atoms with van der Waals surface area (Å²) in [6.07, 6.45) is 12.8. The smallest absolute Gasteiger partial charge is 0.0417 e. The molecule has 0 aromatic rings. The van der Waals surface area contributed by atoms with Crippen LogP contribution in [-0.2, 0) is 0 Å². The Bertz CT molecular complexity index is 117. The Labute approximate surface area is 97.8 Å². The SMILES string of the molecule is CCCCC(CC)CCC(CC)CCC. The first-order valence-electron chi connectivity index (χ1n) is 7.28. The van der Waals surface area contributed by atoms with Gasteiger partial charge in [-0.05, 0) is 11.8 Å². The van der Waals surface area contributed by atoms with Crippen molar-refractivity contribution in [1.82, 2.24) is 0 Å². The van der Waals surface area contributed by atoms with Gasteiger partial charge in [0.1, 0.15) is 0 Å². The Morgan fingerprint density at radius 3 is 1.53 bits per heavy atom. The molecule has 0 bridgehead atoms. The van der Waals surface area contributed by atoms with E-state index >= 15 is 0 Å². The highest BCUT2D eigenvalue weighted by atomic mass is 14.2. The van der Waals surface area contributed by atoms with Gasteiger partial charge < -0.3 is 0 Å². The summed E-state index contributed by atoms with van der Waals surface area (Å²) < 4.78 is 0. The van der Waals surface area contributed by atoms with E-state index in [1.165, 1.54) is 57.8 Å². The minimum atomic E-state index is 1.01. The molecule has 0 saturated heterocycles. The van der Waals surface area contributed by atoms with E-state index in [1.54, 1.807) is 0 Å². The van der Waals surface area contributed by atoms with Crippen molar-refractivity contribution in [2.75, 3.05) is 0 Å². The van der Waals surface area contributed by atoms with Crippen molar-refractivity contribution in [3.8, 4) is 0 Å². The largest absolute Gasteiger partial charge is 0.0654 e. The molecule has 0 heteroatoms. The minimum absolute atomic E-state index is 1.01. The van der Waals surface area contributed by atoms with Crippen LogP contribution in [-0.4, -0.2) is 0 Å². The first-order valence-corrected chi connectivity index (χ1v) is 7.28. The van der Waals surface area contributed by atoms with Crippen LogP contribution in [0, 0.1) is 11.8 Å². The van der Waals surface area contributed by atoms with E-state index in [0.717, 1.165) is 11.8 Å². The molecule has 0 rings (SSSR count). The molecule has 0 amide bonds. The van der Waals surface area contributed by atoms with E-state index < -0.39 is 0 Å². The van der Waals surface area contributed by atoms with E-state index in [4.69, 9.17) is 0 Å².